The van der Waals surface area contributed by atoms with E-state index in [1.807, 2.05) is 0 Å². The van der Waals surface area contributed by atoms with Gasteiger partial charge in [0.2, 0.25) is 5.92 Å². The SMILES string of the molecule is COc1ccc(NC(N)=NCC2CCC(F)(F)CC2)cc1Cl.I. The third-order valence-corrected chi connectivity index (χ3v) is 4.08. The van der Waals surface area contributed by atoms with E-state index >= 15 is 0 Å². The summed E-state index contributed by atoms with van der Waals surface area (Å²) in [5, 5.41) is 3.40. The number of nitrogens with zero attached hydrogens (tertiary/aromatic N) is 1. The topological polar surface area (TPSA) is 59.6 Å². The molecule has 23 heavy (non-hydrogen) atoms. The van der Waals surface area contributed by atoms with Gasteiger partial charge in [-0.2, -0.15) is 0 Å². The van der Waals surface area contributed by atoms with Crippen molar-refractivity contribution >= 4 is 47.2 Å². The van der Waals surface area contributed by atoms with Crippen LogP contribution in [-0.4, -0.2) is 25.5 Å². The third kappa shape index (κ3) is 6.29. The van der Waals surface area contributed by atoms with Gasteiger partial charge in [-0.25, -0.2) is 8.78 Å². The monoisotopic (exact) mass is 459 g/mol. The molecule has 1 fully saturated rings. The highest BCUT2D eigenvalue weighted by atomic mass is 127. The summed E-state index contributed by atoms with van der Waals surface area (Å²) in [4.78, 5) is 4.23. The summed E-state index contributed by atoms with van der Waals surface area (Å²) < 4.78 is 31.2. The molecule has 1 aromatic carbocycles. The van der Waals surface area contributed by atoms with E-state index in [-0.39, 0.29) is 48.7 Å². The van der Waals surface area contributed by atoms with Gasteiger partial charge in [0.05, 0.1) is 12.1 Å². The van der Waals surface area contributed by atoms with Crippen LogP contribution in [0.4, 0.5) is 14.5 Å². The number of nitrogens with two attached hydrogens (primary N) is 1. The van der Waals surface area contributed by atoms with Crippen molar-refractivity contribution in [3.8, 4) is 5.75 Å². The number of rotatable bonds is 4. The number of halogens is 4. The van der Waals surface area contributed by atoms with Crippen LogP contribution in [0.3, 0.4) is 0 Å². The number of methoxy groups -OCH3 is 1. The molecule has 3 N–H and O–H groups in total. The smallest absolute Gasteiger partial charge is 0.248 e. The minimum Gasteiger partial charge on any atom is -0.495 e. The fourth-order valence-corrected chi connectivity index (χ4v) is 2.70. The molecule has 0 bridgehead atoms. The number of hydrogen-bond donors (Lipinski definition) is 2. The van der Waals surface area contributed by atoms with Gasteiger partial charge in [0, 0.05) is 25.1 Å². The van der Waals surface area contributed by atoms with E-state index in [0.29, 0.717) is 35.8 Å². The highest BCUT2D eigenvalue weighted by molar-refractivity contribution is 14.0. The van der Waals surface area contributed by atoms with Crippen LogP contribution in [0.2, 0.25) is 5.02 Å². The lowest BCUT2D eigenvalue weighted by Crippen LogP contribution is -2.28. The number of anilines is 1. The van der Waals surface area contributed by atoms with Crippen LogP contribution in [0.15, 0.2) is 23.2 Å². The second-order valence-corrected chi connectivity index (χ2v) is 5.91. The molecule has 1 aromatic rings. The van der Waals surface area contributed by atoms with Crippen LogP contribution in [0, 0.1) is 5.92 Å². The van der Waals surface area contributed by atoms with Crippen LogP contribution in [-0.2, 0) is 0 Å². The van der Waals surface area contributed by atoms with Crippen LogP contribution in [0.1, 0.15) is 25.7 Å². The summed E-state index contributed by atoms with van der Waals surface area (Å²) in [5.74, 6) is -1.52. The van der Waals surface area contributed by atoms with Gasteiger partial charge in [0.1, 0.15) is 5.75 Å². The molecule has 0 atom stereocenters. The first-order valence-electron chi connectivity index (χ1n) is 7.18. The van der Waals surface area contributed by atoms with Crippen molar-refractivity contribution in [1.29, 1.82) is 0 Å². The molecule has 0 radical (unpaired) electrons. The van der Waals surface area contributed by atoms with Crippen LogP contribution < -0.4 is 15.8 Å². The standard InChI is InChI=1S/C15H20ClF2N3O.HI/c1-22-13-3-2-11(8-12(13)16)21-14(19)20-9-10-4-6-15(17,18)7-5-10;/h2-3,8,10H,4-7,9H2,1H3,(H3,19,20,21);1H. The van der Waals surface area contributed by atoms with Gasteiger partial charge < -0.3 is 15.8 Å². The average Bonchev–Trinajstić information content (AvgIpc) is 2.46. The van der Waals surface area contributed by atoms with Crippen molar-refractivity contribution in [2.75, 3.05) is 19.0 Å². The molecular formula is C15H21ClF2IN3O. The Morgan fingerprint density at radius 1 is 1.43 bits per heavy atom. The number of ether oxygens (including phenoxy) is 1. The van der Waals surface area contributed by atoms with Crippen molar-refractivity contribution in [2.24, 2.45) is 16.6 Å². The van der Waals surface area contributed by atoms with Gasteiger partial charge in [-0.15, -0.1) is 24.0 Å². The highest BCUT2D eigenvalue weighted by Crippen LogP contribution is 2.36. The summed E-state index contributed by atoms with van der Waals surface area (Å²) in [6.07, 6.45) is 0.847. The number of aliphatic imine (C=N–C) groups is 1. The largest absolute Gasteiger partial charge is 0.495 e. The quantitative estimate of drug-likeness (QED) is 0.395. The molecule has 4 nitrogen and oxygen atoms in total. The van der Waals surface area contributed by atoms with Gasteiger partial charge in [-0.05, 0) is 37.0 Å². The minimum atomic E-state index is -2.51. The van der Waals surface area contributed by atoms with E-state index in [1.54, 1.807) is 18.2 Å². The molecule has 0 aromatic heterocycles. The highest BCUT2D eigenvalue weighted by Gasteiger charge is 2.34. The molecule has 0 heterocycles. The van der Waals surface area contributed by atoms with E-state index in [1.165, 1.54) is 7.11 Å². The molecule has 1 aliphatic rings. The molecule has 1 aliphatic carbocycles. The Morgan fingerprint density at radius 2 is 2.09 bits per heavy atom. The molecule has 130 valence electrons. The van der Waals surface area contributed by atoms with E-state index in [0.717, 1.165) is 0 Å². The van der Waals surface area contributed by atoms with E-state index in [4.69, 9.17) is 22.1 Å². The molecule has 0 amide bonds. The number of benzene rings is 1. The van der Waals surface area contributed by atoms with Gasteiger partial charge in [0.25, 0.3) is 0 Å². The lowest BCUT2D eigenvalue weighted by atomic mass is 9.87. The van der Waals surface area contributed by atoms with Crippen molar-refractivity contribution < 1.29 is 13.5 Å². The van der Waals surface area contributed by atoms with Crippen molar-refractivity contribution in [2.45, 2.75) is 31.6 Å². The minimum absolute atomic E-state index is 0. The second kappa shape index (κ2) is 8.86. The van der Waals surface area contributed by atoms with Crippen LogP contribution >= 0.6 is 35.6 Å². The van der Waals surface area contributed by atoms with Crippen molar-refractivity contribution in [3.05, 3.63) is 23.2 Å². The zero-order chi connectivity index (χ0) is 16.2. The molecule has 1 saturated carbocycles. The Morgan fingerprint density at radius 3 is 2.65 bits per heavy atom. The van der Waals surface area contributed by atoms with Crippen LogP contribution in [0.5, 0.6) is 5.75 Å². The summed E-state index contributed by atoms with van der Waals surface area (Å²) >= 11 is 6.02. The predicted molar refractivity (Wildman–Crippen MR) is 100 cm³/mol. The Hall–Kier alpha value is -0.830. The molecule has 0 saturated heterocycles. The zero-order valence-electron chi connectivity index (χ0n) is 12.8. The fraction of sp³-hybridized carbons (Fsp3) is 0.533. The number of guanidine groups is 1. The lowest BCUT2D eigenvalue weighted by Gasteiger charge is -2.27. The van der Waals surface area contributed by atoms with Crippen LogP contribution in [0.25, 0.3) is 0 Å². The van der Waals surface area contributed by atoms with Gasteiger partial charge in [-0.1, -0.05) is 11.6 Å². The van der Waals surface area contributed by atoms with E-state index < -0.39 is 5.92 Å². The maximum absolute atomic E-state index is 13.1. The molecule has 8 heteroatoms. The Bertz CT molecular complexity index is 548. The Balaban J connectivity index is 0.00000264. The maximum Gasteiger partial charge on any atom is 0.248 e. The average molecular weight is 460 g/mol. The predicted octanol–water partition coefficient (Wildman–Crippen LogP) is 4.52. The zero-order valence-corrected chi connectivity index (χ0v) is 15.9. The summed E-state index contributed by atoms with van der Waals surface area (Å²) in [5.41, 5.74) is 6.51. The van der Waals surface area contributed by atoms with Gasteiger partial charge in [-0.3, -0.25) is 4.99 Å². The molecule has 0 spiro atoms. The van der Waals surface area contributed by atoms with Crippen molar-refractivity contribution in [3.63, 3.8) is 0 Å². The van der Waals surface area contributed by atoms with E-state index in [2.05, 4.69) is 10.3 Å². The molecule has 0 aliphatic heterocycles. The summed E-state index contributed by atoms with van der Waals surface area (Å²) in [7, 11) is 1.54. The van der Waals surface area contributed by atoms with Gasteiger partial charge in [0.15, 0.2) is 5.96 Å². The molecule has 0 unspecified atom stereocenters. The fourth-order valence-electron chi connectivity index (χ4n) is 2.44. The summed E-state index contributed by atoms with van der Waals surface area (Å²) in [6.45, 7) is 0.457. The summed E-state index contributed by atoms with van der Waals surface area (Å²) in [6, 6.07) is 5.18. The second-order valence-electron chi connectivity index (χ2n) is 5.50. The first-order valence-corrected chi connectivity index (χ1v) is 7.56. The Labute approximate surface area is 156 Å². The lowest BCUT2D eigenvalue weighted by molar-refractivity contribution is -0.0446. The van der Waals surface area contributed by atoms with Gasteiger partial charge >= 0.3 is 0 Å². The number of nitrogens with one attached hydrogen (secondary N) is 1. The maximum atomic E-state index is 13.1. The Kier molecular flexibility index (Phi) is 7.79. The van der Waals surface area contributed by atoms with E-state index in [9.17, 15) is 8.78 Å². The first-order chi connectivity index (χ1) is 10.4. The third-order valence-electron chi connectivity index (χ3n) is 3.78. The number of alkyl halides is 2. The first kappa shape index (κ1) is 20.2. The number of hydrogen-bond acceptors (Lipinski definition) is 2. The molecular weight excluding hydrogens is 439 g/mol. The molecule has 2 rings (SSSR count). The van der Waals surface area contributed by atoms with Crippen molar-refractivity contribution in [1.82, 2.24) is 0 Å². The normalized spacial score (nSPS) is 18.2.